The lowest BCUT2D eigenvalue weighted by Crippen LogP contribution is -2.16. The Balaban J connectivity index is 1.41. The highest BCUT2D eigenvalue weighted by Gasteiger charge is 2.11. The highest BCUT2D eigenvalue weighted by atomic mass is 16.5. The third kappa shape index (κ3) is 5.11. The Hall–Kier alpha value is -4.06. The Morgan fingerprint density at radius 1 is 0.968 bits per heavy atom. The van der Waals surface area contributed by atoms with Gasteiger partial charge in [-0.2, -0.15) is 5.10 Å². The highest BCUT2D eigenvalue weighted by molar-refractivity contribution is 5.96. The number of hydrogen-bond donors (Lipinski definition) is 1. The molecule has 4 rings (SSSR count). The molecule has 31 heavy (non-hydrogen) atoms. The Morgan fingerprint density at radius 2 is 1.77 bits per heavy atom. The number of furan rings is 1. The summed E-state index contributed by atoms with van der Waals surface area (Å²) in [7, 11) is 0. The Bertz CT molecular complexity index is 1170. The molecule has 0 aliphatic carbocycles. The first-order valence-electron chi connectivity index (χ1n) is 9.98. The number of para-hydroxylation sites is 1. The molecule has 1 amide bonds. The number of carbonyl (C=O) groups is 1. The van der Waals surface area contributed by atoms with Gasteiger partial charge in [-0.1, -0.05) is 48.5 Å². The topological polar surface area (TPSA) is 73.1 Å². The molecule has 6 nitrogen and oxygen atoms in total. The Morgan fingerprint density at radius 3 is 2.58 bits per heavy atom. The lowest BCUT2D eigenvalue weighted by Gasteiger charge is -2.12. The quantitative estimate of drug-likeness (QED) is 0.319. The van der Waals surface area contributed by atoms with Crippen LogP contribution < -0.4 is 14.9 Å². The van der Waals surface area contributed by atoms with E-state index in [0.29, 0.717) is 30.3 Å². The molecule has 3 aromatic carbocycles. The molecule has 1 heterocycles. The molecule has 0 radical (unpaired) electrons. The normalized spacial score (nSPS) is 11.0. The summed E-state index contributed by atoms with van der Waals surface area (Å²) < 4.78 is 17.2. The van der Waals surface area contributed by atoms with Crippen LogP contribution in [0.2, 0.25) is 0 Å². The van der Waals surface area contributed by atoms with Gasteiger partial charge in [-0.3, -0.25) is 4.79 Å². The molecule has 0 unspecified atom stereocenters. The lowest BCUT2D eigenvalue weighted by molar-refractivity contribution is 0.0929. The zero-order valence-electron chi connectivity index (χ0n) is 17.1. The summed E-state index contributed by atoms with van der Waals surface area (Å²) in [6.45, 7) is 2.86. The minimum atomic E-state index is -0.416. The van der Waals surface area contributed by atoms with Gasteiger partial charge in [0.15, 0.2) is 17.3 Å². The third-order valence-corrected chi connectivity index (χ3v) is 4.53. The number of hydrogen-bond acceptors (Lipinski definition) is 5. The molecule has 0 fully saturated rings. The van der Waals surface area contributed by atoms with E-state index in [1.165, 1.54) is 0 Å². The van der Waals surface area contributed by atoms with E-state index in [4.69, 9.17) is 13.9 Å². The molecule has 1 N–H and O–H groups in total. The summed E-state index contributed by atoms with van der Waals surface area (Å²) in [5.41, 5.74) is 4.98. The SMILES string of the molecule is CCOc1cc(/C=N/NC(=O)c2cc3ccccc3o2)ccc1OCc1ccccc1. The van der Waals surface area contributed by atoms with E-state index in [0.717, 1.165) is 16.5 Å². The molecule has 0 saturated heterocycles. The van der Waals surface area contributed by atoms with E-state index in [9.17, 15) is 4.79 Å². The second kappa shape index (κ2) is 9.63. The lowest BCUT2D eigenvalue weighted by atomic mass is 10.2. The maximum Gasteiger partial charge on any atom is 0.307 e. The molecule has 0 aliphatic rings. The van der Waals surface area contributed by atoms with Crippen molar-refractivity contribution in [3.05, 3.63) is 95.7 Å². The van der Waals surface area contributed by atoms with E-state index in [2.05, 4.69) is 10.5 Å². The molecule has 156 valence electrons. The fourth-order valence-corrected chi connectivity index (χ4v) is 3.04. The first-order chi connectivity index (χ1) is 15.2. The van der Waals surface area contributed by atoms with Gasteiger partial charge in [0.05, 0.1) is 12.8 Å². The van der Waals surface area contributed by atoms with Crippen molar-refractivity contribution in [1.82, 2.24) is 5.43 Å². The Labute approximate surface area is 180 Å². The molecule has 4 aromatic rings. The maximum atomic E-state index is 12.3. The fourth-order valence-electron chi connectivity index (χ4n) is 3.04. The van der Waals surface area contributed by atoms with Crippen LogP contribution in [0.5, 0.6) is 11.5 Å². The van der Waals surface area contributed by atoms with Crippen LogP contribution in [0, 0.1) is 0 Å². The van der Waals surface area contributed by atoms with E-state index >= 15 is 0 Å². The number of benzene rings is 3. The predicted molar refractivity (Wildman–Crippen MR) is 120 cm³/mol. The average Bonchev–Trinajstić information content (AvgIpc) is 3.24. The van der Waals surface area contributed by atoms with Crippen LogP contribution >= 0.6 is 0 Å². The molecular weight excluding hydrogens is 392 g/mol. The van der Waals surface area contributed by atoms with Gasteiger partial charge >= 0.3 is 5.91 Å². The van der Waals surface area contributed by atoms with Gasteiger partial charge in [-0.25, -0.2) is 5.43 Å². The van der Waals surface area contributed by atoms with Crippen molar-refractivity contribution in [2.24, 2.45) is 5.10 Å². The second-order valence-corrected chi connectivity index (χ2v) is 6.76. The van der Waals surface area contributed by atoms with Crippen LogP contribution in [0.1, 0.15) is 28.6 Å². The van der Waals surface area contributed by atoms with Gasteiger partial charge in [-0.05, 0) is 48.4 Å². The van der Waals surface area contributed by atoms with Crippen molar-refractivity contribution in [2.75, 3.05) is 6.61 Å². The van der Waals surface area contributed by atoms with Gasteiger partial charge in [0.25, 0.3) is 0 Å². The van der Waals surface area contributed by atoms with Gasteiger partial charge in [-0.15, -0.1) is 0 Å². The standard InChI is InChI=1S/C25H22N2O4/c1-2-29-23-14-19(12-13-22(23)30-17-18-8-4-3-5-9-18)16-26-27-25(28)24-15-20-10-6-7-11-21(20)31-24/h3-16H,2,17H2,1H3,(H,27,28)/b26-16+. The van der Waals surface area contributed by atoms with Gasteiger partial charge in [0, 0.05) is 5.39 Å². The number of amides is 1. The minimum absolute atomic E-state index is 0.206. The van der Waals surface area contributed by atoms with Crippen LogP contribution in [0.3, 0.4) is 0 Å². The predicted octanol–water partition coefficient (Wildman–Crippen LogP) is 5.17. The first kappa shape index (κ1) is 20.2. The number of nitrogens with one attached hydrogen (secondary N) is 1. The molecular formula is C25H22N2O4. The molecule has 6 heteroatoms. The zero-order valence-corrected chi connectivity index (χ0v) is 17.1. The molecule has 0 saturated carbocycles. The number of ether oxygens (including phenoxy) is 2. The summed E-state index contributed by atoms with van der Waals surface area (Å²) in [5.74, 6) is 1.05. The first-order valence-corrected chi connectivity index (χ1v) is 9.98. The number of rotatable bonds is 8. The average molecular weight is 414 g/mol. The van der Waals surface area contributed by atoms with Crippen molar-refractivity contribution < 1.29 is 18.7 Å². The zero-order chi connectivity index (χ0) is 21.5. The molecule has 0 spiro atoms. The largest absolute Gasteiger partial charge is 0.490 e. The van der Waals surface area contributed by atoms with E-state index in [1.54, 1.807) is 12.3 Å². The van der Waals surface area contributed by atoms with Crippen LogP contribution in [0.25, 0.3) is 11.0 Å². The Kier molecular flexibility index (Phi) is 6.28. The highest BCUT2D eigenvalue weighted by Crippen LogP contribution is 2.29. The number of carbonyl (C=O) groups excluding carboxylic acids is 1. The summed E-state index contributed by atoms with van der Waals surface area (Å²) in [6, 6.07) is 24.6. The van der Waals surface area contributed by atoms with Crippen LogP contribution in [0.4, 0.5) is 0 Å². The summed E-state index contributed by atoms with van der Waals surface area (Å²) in [5, 5.41) is 4.90. The summed E-state index contributed by atoms with van der Waals surface area (Å²) >= 11 is 0. The van der Waals surface area contributed by atoms with Crippen molar-refractivity contribution in [1.29, 1.82) is 0 Å². The van der Waals surface area contributed by atoms with Gasteiger partial charge < -0.3 is 13.9 Å². The third-order valence-electron chi connectivity index (χ3n) is 4.53. The smallest absolute Gasteiger partial charge is 0.307 e. The van der Waals surface area contributed by atoms with Crippen LogP contribution in [0.15, 0.2) is 88.4 Å². The van der Waals surface area contributed by atoms with E-state index in [-0.39, 0.29) is 5.76 Å². The molecule has 0 atom stereocenters. The van der Waals surface area contributed by atoms with Crippen LogP contribution in [-0.2, 0) is 6.61 Å². The number of nitrogens with zero attached hydrogens (tertiary/aromatic N) is 1. The number of fused-ring (bicyclic) bond motifs is 1. The molecule has 0 aliphatic heterocycles. The van der Waals surface area contributed by atoms with E-state index < -0.39 is 5.91 Å². The van der Waals surface area contributed by atoms with Gasteiger partial charge in [0.1, 0.15) is 12.2 Å². The van der Waals surface area contributed by atoms with Crippen LogP contribution in [-0.4, -0.2) is 18.7 Å². The van der Waals surface area contributed by atoms with E-state index in [1.807, 2.05) is 79.7 Å². The van der Waals surface area contributed by atoms with Gasteiger partial charge in [0.2, 0.25) is 0 Å². The number of hydrazone groups is 1. The molecule has 0 bridgehead atoms. The monoisotopic (exact) mass is 414 g/mol. The minimum Gasteiger partial charge on any atom is -0.490 e. The molecule has 1 aromatic heterocycles. The van der Waals surface area contributed by atoms with Crippen molar-refractivity contribution in [3.8, 4) is 11.5 Å². The second-order valence-electron chi connectivity index (χ2n) is 6.76. The van der Waals surface area contributed by atoms with Crippen molar-refractivity contribution in [2.45, 2.75) is 13.5 Å². The van der Waals surface area contributed by atoms with Crippen molar-refractivity contribution in [3.63, 3.8) is 0 Å². The van der Waals surface area contributed by atoms with Crippen molar-refractivity contribution >= 4 is 23.1 Å². The maximum absolute atomic E-state index is 12.3. The summed E-state index contributed by atoms with van der Waals surface area (Å²) in [6.07, 6.45) is 1.55. The fraction of sp³-hybridized carbons (Fsp3) is 0.120. The summed E-state index contributed by atoms with van der Waals surface area (Å²) in [4.78, 5) is 12.3.